The number of nitrogens with one attached hydrogen (secondary N) is 11. The number of primary amides is 1. The molecule has 2 heterocycles. The first-order valence-corrected chi connectivity index (χ1v) is 32.8. The van der Waals surface area contributed by atoms with Gasteiger partial charge in [-0.1, -0.05) is 93.1 Å². The van der Waals surface area contributed by atoms with Crippen molar-refractivity contribution < 1.29 is 62.6 Å². The smallest absolute Gasteiger partial charge is 0.245 e. The van der Waals surface area contributed by atoms with E-state index in [0.29, 0.717) is 37.9 Å². The van der Waals surface area contributed by atoms with Crippen molar-refractivity contribution in [3.05, 3.63) is 102 Å². The van der Waals surface area contributed by atoms with Crippen molar-refractivity contribution in [2.45, 2.75) is 158 Å². The highest BCUT2D eigenvalue weighted by atomic mass is 16.3. The molecule has 33 nitrogen and oxygen atoms in total. The number of phenols is 1. The standard InChI is InChI=1S/C65H96N20O13/c1-3-38(2)54-62(97)83-49(60(95)81-45(21-13-29-73-65(70)71)63(98)85-30-14-22-50(85)61(96)79-43(55(67)90)19-10-11-27-66)35-75-51(87)33-48(59(94)80-44(57(92)84-54)20-12-28-72-64(68)69)82-58(93)47(32-39-15-6-4-7-16-39)78-53(89)37-76-52(88)36-77-56(91)46(31-40-23-25-42(86)26-24-40)74-34-41-17-8-5-9-18-41/h4-9,15-18,23-26,38,43-50,54,74,86H,3,10-14,19-22,27-37,66H2,1-2H3,(H2,67,90)(H,75,87)(H,76,88)(H,77,91)(H,78,89)(H,79,96)(H,80,94)(H,81,95)(H,82,93)(H,83,97)(H,84,92)(H4,68,69,72)(H4,70,71,73)/t38-,43-,44-,45-,46-,47-,48-,49?,50+,54-/m0/s1. The number of aliphatic imine (C=N–C) groups is 2. The van der Waals surface area contributed by atoms with Crippen molar-refractivity contribution in [3.63, 3.8) is 0 Å². The molecule has 534 valence electrons. The SMILES string of the molecule is CC[C@H](C)[C@@H]1NC(=O)[C@H](CCCN=C(N)N)NC(=O)[C@@H](NC(=O)[C@H](Cc2ccccc2)NC(=O)CNC(=O)CNC(=O)[C@H](Cc2ccc(O)cc2)NCc2ccccc2)CC(=O)NCC(C(=O)N[C@@H](CCCN=C(N)N)C(=O)N2CCC[C@@H]2C(=O)N[C@@H](CCCCN)C(N)=O)NC1=O. The Bertz CT molecular complexity index is 3240. The highest BCUT2D eigenvalue weighted by molar-refractivity contribution is 6.00. The summed E-state index contributed by atoms with van der Waals surface area (Å²) in [5.41, 5.74) is 35.7. The lowest BCUT2D eigenvalue weighted by atomic mass is 9.96. The molecule has 2 saturated heterocycles. The number of amides is 12. The first-order chi connectivity index (χ1) is 46.8. The summed E-state index contributed by atoms with van der Waals surface area (Å²) in [4.78, 5) is 178. The molecule has 0 radical (unpaired) electrons. The number of guanidine groups is 2. The van der Waals surface area contributed by atoms with Crippen LogP contribution in [0.3, 0.4) is 0 Å². The molecular weight excluding hydrogens is 1270 g/mol. The zero-order valence-corrected chi connectivity index (χ0v) is 55.4. The third-order valence-corrected chi connectivity index (χ3v) is 16.4. The number of aromatic hydroxyl groups is 1. The lowest BCUT2D eigenvalue weighted by Crippen LogP contribution is -2.63. The molecule has 5 rings (SSSR count). The van der Waals surface area contributed by atoms with Crippen molar-refractivity contribution in [2.75, 3.05) is 45.8 Å². The number of unbranched alkanes of at least 4 members (excludes halogenated alkanes) is 1. The number of hydrogen-bond donors (Lipinski definition) is 18. The summed E-state index contributed by atoms with van der Waals surface area (Å²) >= 11 is 0. The molecule has 0 spiro atoms. The normalized spacial score (nSPS) is 18.9. The summed E-state index contributed by atoms with van der Waals surface area (Å²) in [6.45, 7) is 2.14. The van der Waals surface area contributed by atoms with E-state index in [4.69, 9.17) is 34.4 Å². The van der Waals surface area contributed by atoms with E-state index in [9.17, 15) is 62.6 Å². The van der Waals surface area contributed by atoms with Crippen LogP contribution in [0.2, 0.25) is 0 Å². The van der Waals surface area contributed by atoms with Gasteiger partial charge < -0.3 is 103 Å². The maximum absolute atomic E-state index is 14.8. The van der Waals surface area contributed by atoms with Gasteiger partial charge in [0.1, 0.15) is 54.1 Å². The van der Waals surface area contributed by atoms with E-state index in [-0.39, 0.29) is 95.1 Å². The number of hydrogen-bond acceptors (Lipinski definition) is 17. The van der Waals surface area contributed by atoms with Crippen LogP contribution < -0.4 is 92.9 Å². The molecule has 0 aromatic heterocycles. The van der Waals surface area contributed by atoms with Crippen LogP contribution >= 0.6 is 0 Å². The molecule has 98 heavy (non-hydrogen) atoms. The molecule has 24 N–H and O–H groups in total. The number of phenolic OH excluding ortho intramolecular Hbond substituents is 1. The fourth-order valence-corrected chi connectivity index (χ4v) is 10.8. The van der Waals surface area contributed by atoms with Gasteiger partial charge >= 0.3 is 0 Å². The Morgan fingerprint density at radius 2 is 1.26 bits per heavy atom. The zero-order valence-electron chi connectivity index (χ0n) is 55.4. The Morgan fingerprint density at radius 3 is 1.90 bits per heavy atom. The third-order valence-electron chi connectivity index (χ3n) is 16.4. The lowest BCUT2D eigenvalue weighted by Gasteiger charge is -2.32. The van der Waals surface area contributed by atoms with Gasteiger partial charge in [0, 0.05) is 39.1 Å². The highest BCUT2D eigenvalue weighted by Crippen LogP contribution is 2.21. The molecule has 2 fully saturated rings. The fraction of sp³-hybridized carbons (Fsp3) is 0.508. The zero-order chi connectivity index (χ0) is 71.7. The number of likely N-dealkylation sites (tertiary alicyclic amines) is 1. The number of nitrogens with two attached hydrogens (primary N) is 6. The Balaban J connectivity index is 1.40. The highest BCUT2D eigenvalue weighted by Gasteiger charge is 2.41. The van der Waals surface area contributed by atoms with Crippen LogP contribution in [0.5, 0.6) is 5.75 Å². The lowest BCUT2D eigenvalue weighted by molar-refractivity contribution is -0.142. The van der Waals surface area contributed by atoms with Crippen LogP contribution in [0.25, 0.3) is 0 Å². The molecule has 0 bridgehead atoms. The minimum atomic E-state index is -1.83. The second-order valence-electron chi connectivity index (χ2n) is 24.1. The van der Waals surface area contributed by atoms with Crippen molar-refractivity contribution in [1.82, 2.24) is 63.4 Å². The minimum Gasteiger partial charge on any atom is -0.508 e. The van der Waals surface area contributed by atoms with Crippen LogP contribution in [0.4, 0.5) is 0 Å². The van der Waals surface area contributed by atoms with E-state index in [2.05, 4.69) is 68.5 Å². The predicted octanol–water partition coefficient (Wildman–Crippen LogP) is -4.76. The van der Waals surface area contributed by atoms with Crippen LogP contribution in [0.15, 0.2) is 94.9 Å². The van der Waals surface area contributed by atoms with Crippen LogP contribution in [0.1, 0.15) is 101 Å². The molecule has 2 aliphatic rings. The molecule has 1 unspecified atom stereocenters. The molecule has 33 heteroatoms. The van der Waals surface area contributed by atoms with Crippen molar-refractivity contribution in [2.24, 2.45) is 50.3 Å². The van der Waals surface area contributed by atoms with Crippen molar-refractivity contribution in [1.29, 1.82) is 0 Å². The second kappa shape index (κ2) is 40.8. The molecule has 0 saturated carbocycles. The fourth-order valence-electron chi connectivity index (χ4n) is 10.8. The first-order valence-electron chi connectivity index (χ1n) is 32.8. The molecular formula is C65H96N20O13. The van der Waals surface area contributed by atoms with Gasteiger partial charge in [-0.15, -0.1) is 0 Å². The van der Waals surface area contributed by atoms with Crippen LogP contribution in [-0.4, -0.2) is 193 Å². The van der Waals surface area contributed by atoms with E-state index in [1.165, 1.54) is 17.0 Å². The Labute approximate surface area is 568 Å². The van der Waals surface area contributed by atoms with Crippen molar-refractivity contribution >= 4 is 82.8 Å². The Hall–Kier alpha value is -10.4. The summed E-state index contributed by atoms with van der Waals surface area (Å²) in [5, 5.41) is 39.0. The van der Waals surface area contributed by atoms with E-state index >= 15 is 0 Å². The van der Waals surface area contributed by atoms with Crippen molar-refractivity contribution in [3.8, 4) is 5.75 Å². The number of nitrogens with zero attached hydrogens (tertiary/aromatic N) is 3. The number of benzene rings is 3. The summed E-state index contributed by atoms with van der Waals surface area (Å²) in [7, 11) is 0. The number of carbonyl (C=O) groups excluding carboxylic acids is 12. The summed E-state index contributed by atoms with van der Waals surface area (Å²) in [6.07, 6.45) is 1.12. The molecule has 3 aromatic carbocycles. The van der Waals surface area contributed by atoms with E-state index in [0.717, 1.165) is 11.1 Å². The second-order valence-corrected chi connectivity index (χ2v) is 24.1. The number of rotatable bonds is 35. The van der Waals surface area contributed by atoms with Gasteiger partial charge in [-0.2, -0.15) is 0 Å². The van der Waals surface area contributed by atoms with Gasteiger partial charge in [0.25, 0.3) is 0 Å². The van der Waals surface area contributed by atoms with Gasteiger partial charge in [-0.05, 0) is 105 Å². The van der Waals surface area contributed by atoms with E-state index in [1.54, 1.807) is 56.3 Å². The topological polar surface area (TPSA) is 541 Å². The van der Waals surface area contributed by atoms with Gasteiger partial charge in [0.15, 0.2) is 11.9 Å². The molecule has 3 aromatic rings. The Morgan fingerprint density at radius 1 is 0.643 bits per heavy atom. The average Bonchev–Trinajstić information content (AvgIpc) is 1.60. The summed E-state index contributed by atoms with van der Waals surface area (Å²) < 4.78 is 0. The van der Waals surface area contributed by atoms with Crippen LogP contribution in [0, 0.1) is 5.92 Å². The largest absolute Gasteiger partial charge is 0.508 e. The van der Waals surface area contributed by atoms with E-state index in [1.807, 2.05) is 30.3 Å². The molecule has 0 aliphatic carbocycles. The molecule has 2 aliphatic heterocycles. The van der Waals surface area contributed by atoms with Gasteiger partial charge in [0.2, 0.25) is 70.9 Å². The minimum absolute atomic E-state index is 0.00285. The quantitative estimate of drug-likeness (QED) is 0.0149. The van der Waals surface area contributed by atoms with E-state index < -0.39 is 157 Å². The Kier molecular flexibility index (Phi) is 32.6. The van der Waals surface area contributed by atoms with Gasteiger partial charge in [0.05, 0.1) is 25.6 Å². The molecule has 10 atom stereocenters. The van der Waals surface area contributed by atoms with Crippen LogP contribution in [-0.2, 0) is 76.9 Å². The van der Waals surface area contributed by atoms with Gasteiger partial charge in [-0.25, -0.2) is 0 Å². The predicted molar refractivity (Wildman–Crippen MR) is 362 cm³/mol. The maximum Gasteiger partial charge on any atom is 0.245 e. The third kappa shape index (κ3) is 27.0. The van der Waals surface area contributed by atoms with Gasteiger partial charge in [-0.3, -0.25) is 67.5 Å². The maximum atomic E-state index is 14.8. The monoisotopic (exact) mass is 1360 g/mol. The molecule has 12 amide bonds. The average molecular weight is 1370 g/mol. The summed E-state index contributed by atoms with van der Waals surface area (Å²) in [5.74, 6) is -11.3. The summed E-state index contributed by atoms with van der Waals surface area (Å²) in [6, 6.07) is 11.7. The number of carbonyl (C=O) groups is 12. The first kappa shape index (κ1) is 78.3.